The number of rotatable bonds is 6. The first-order valence-electron chi connectivity index (χ1n) is 9.99. The zero-order valence-corrected chi connectivity index (χ0v) is 19.4. The first kappa shape index (κ1) is 22.7. The first-order valence-corrected chi connectivity index (χ1v) is 10.7. The zero-order chi connectivity index (χ0) is 23.0. The topological polar surface area (TPSA) is 112 Å². The van der Waals surface area contributed by atoms with E-state index < -0.39 is 0 Å². The van der Waals surface area contributed by atoms with E-state index in [1.807, 2.05) is 0 Å². The van der Waals surface area contributed by atoms with Gasteiger partial charge in [-0.1, -0.05) is 23.2 Å². The Hall–Kier alpha value is -2.53. The normalized spacial score (nSPS) is 20.4. The van der Waals surface area contributed by atoms with Crippen molar-refractivity contribution >= 4 is 46.7 Å². The molecule has 1 fully saturated rings. The highest BCUT2D eigenvalue weighted by Crippen LogP contribution is 2.47. The van der Waals surface area contributed by atoms with Crippen LogP contribution in [0, 0.1) is 0 Å². The quantitative estimate of drug-likeness (QED) is 0.575. The average Bonchev–Trinajstić information content (AvgIpc) is 3.25. The number of aliphatic hydroxyl groups excluding tert-OH is 1. The van der Waals surface area contributed by atoms with Gasteiger partial charge in [0, 0.05) is 43.5 Å². The number of benzene rings is 1. The predicted octanol–water partition coefficient (Wildman–Crippen LogP) is 2.51. The highest BCUT2D eigenvalue weighted by molar-refractivity contribution is 6.42. The van der Waals surface area contributed by atoms with Crippen LogP contribution in [0.3, 0.4) is 0 Å². The van der Waals surface area contributed by atoms with E-state index in [9.17, 15) is 9.90 Å². The van der Waals surface area contributed by atoms with Gasteiger partial charge in [0.1, 0.15) is 27.4 Å². The van der Waals surface area contributed by atoms with Crippen molar-refractivity contribution in [2.45, 2.75) is 25.0 Å². The SMILES string of the molecule is COc1cc(OC)c(Cl)c(N2Cc3cnc(N[C@@H]4CN[C@H](CO)C4)nc3N(C)C2=O)c1Cl. The molecule has 2 aromatic rings. The summed E-state index contributed by atoms with van der Waals surface area (Å²) in [7, 11) is 4.58. The van der Waals surface area contributed by atoms with Gasteiger partial charge < -0.3 is 25.2 Å². The molecule has 0 aliphatic carbocycles. The standard InChI is InChI=1S/C20H24Cl2N6O4/c1-27-18-10(6-24-19(26-18)25-11-4-12(9-29)23-7-11)8-28(20(27)30)17-15(21)13(31-2)5-14(32-3)16(17)22/h5-6,11-12,23,29H,4,7-9H2,1-3H3,(H,24,25,26)/t11-,12-/m0/s1. The lowest BCUT2D eigenvalue weighted by molar-refractivity contribution is 0.251. The maximum Gasteiger partial charge on any atom is 0.330 e. The van der Waals surface area contributed by atoms with Gasteiger partial charge in [0.25, 0.3) is 0 Å². The summed E-state index contributed by atoms with van der Waals surface area (Å²) in [6.07, 6.45) is 2.43. The van der Waals surface area contributed by atoms with Crippen LogP contribution in [0.2, 0.25) is 10.0 Å². The smallest absolute Gasteiger partial charge is 0.330 e. The molecule has 32 heavy (non-hydrogen) atoms. The molecule has 10 nitrogen and oxygen atoms in total. The monoisotopic (exact) mass is 482 g/mol. The molecule has 0 spiro atoms. The summed E-state index contributed by atoms with van der Waals surface area (Å²) < 4.78 is 10.6. The van der Waals surface area contributed by atoms with Gasteiger partial charge in [-0.2, -0.15) is 4.98 Å². The third-order valence-corrected chi connectivity index (χ3v) is 6.33. The van der Waals surface area contributed by atoms with Crippen molar-refractivity contribution < 1.29 is 19.4 Å². The minimum absolute atomic E-state index is 0.0530. The lowest BCUT2D eigenvalue weighted by Crippen LogP contribution is -2.46. The summed E-state index contributed by atoms with van der Waals surface area (Å²) in [5.74, 6) is 1.59. The van der Waals surface area contributed by atoms with Crippen molar-refractivity contribution in [2.75, 3.05) is 49.5 Å². The van der Waals surface area contributed by atoms with Gasteiger partial charge in [-0.05, 0) is 6.42 Å². The predicted molar refractivity (Wildman–Crippen MR) is 122 cm³/mol. The number of urea groups is 1. The minimum Gasteiger partial charge on any atom is -0.495 e. The number of carbonyl (C=O) groups is 1. The number of methoxy groups -OCH3 is 2. The van der Waals surface area contributed by atoms with E-state index in [0.29, 0.717) is 35.5 Å². The molecule has 1 saturated heterocycles. The molecule has 172 valence electrons. The van der Waals surface area contributed by atoms with Gasteiger partial charge in [-0.15, -0.1) is 0 Å². The highest BCUT2D eigenvalue weighted by Gasteiger charge is 2.35. The van der Waals surface area contributed by atoms with Crippen molar-refractivity contribution in [1.82, 2.24) is 15.3 Å². The fourth-order valence-electron chi connectivity index (χ4n) is 3.91. The molecule has 2 atom stereocenters. The van der Waals surface area contributed by atoms with E-state index >= 15 is 0 Å². The van der Waals surface area contributed by atoms with E-state index in [-0.39, 0.29) is 41.3 Å². The number of aliphatic hydroxyl groups is 1. The number of hydrogen-bond donors (Lipinski definition) is 3. The van der Waals surface area contributed by atoms with Gasteiger partial charge >= 0.3 is 6.03 Å². The van der Waals surface area contributed by atoms with Gasteiger partial charge in [-0.3, -0.25) is 9.80 Å². The maximum atomic E-state index is 13.3. The summed E-state index contributed by atoms with van der Waals surface area (Å²) in [6.45, 7) is 0.950. The number of anilines is 3. The highest BCUT2D eigenvalue weighted by atomic mass is 35.5. The lowest BCUT2D eigenvalue weighted by Gasteiger charge is -2.35. The number of halogens is 2. The first-order chi connectivity index (χ1) is 15.4. The fourth-order valence-corrected chi connectivity index (χ4v) is 4.62. The number of fused-ring (bicyclic) bond motifs is 1. The molecule has 12 heteroatoms. The number of nitrogens with zero attached hydrogens (tertiary/aromatic N) is 4. The van der Waals surface area contributed by atoms with Crippen molar-refractivity contribution in [3.05, 3.63) is 27.9 Å². The largest absolute Gasteiger partial charge is 0.495 e. The van der Waals surface area contributed by atoms with E-state index in [1.54, 1.807) is 19.3 Å². The second-order valence-electron chi connectivity index (χ2n) is 7.59. The Morgan fingerprint density at radius 1 is 1.28 bits per heavy atom. The molecular weight excluding hydrogens is 459 g/mol. The van der Waals surface area contributed by atoms with Crippen molar-refractivity contribution in [3.63, 3.8) is 0 Å². The van der Waals surface area contributed by atoms with E-state index in [2.05, 4.69) is 20.6 Å². The van der Waals surface area contributed by atoms with Crippen LogP contribution in [0.1, 0.15) is 12.0 Å². The third-order valence-electron chi connectivity index (χ3n) is 5.60. The molecule has 0 bridgehead atoms. The summed E-state index contributed by atoms with van der Waals surface area (Å²) in [5.41, 5.74) is 1.02. The number of carbonyl (C=O) groups excluding carboxylic acids is 1. The maximum absolute atomic E-state index is 13.3. The fraction of sp³-hybridized carbons (Fsp3) is 0.450. The van der Waals surface area contributed by atoms with Crippen LogP contribution in [-0.2, 0) is 6.54 Å². The molecule has 1 aromatic carbocycles. The zero-order valence-electron chi connectivity index (χ0n) is 17.9. The summed E-state index contributed by atoms with van der Waals surface area (Å²) in [6, 6.07) is 1.36. The van der Waals surface area contributed by atoms with Crippen LogP contribution >= 0.6 is 23.2 Å². The Morgan fingerprint density at radius 2 is 1.97 bits per heavy atom. The number of hydrogen-bond acceptors (Lipinski definition) is 8. The number of amides is 2. The van der Waals surface area contributed by atoms with Crippen LogP contribution in [0.5, 0.6) is 11.5 Å². The van der Waals surface area contributed by atoms with Crippen molar-refractivity contribution in [1.29, 1.82) is 0 Å². The van der Waals surface area contributed by atoms with Crippen LogP contribution in [-0.4, -0.2) is 67.6 Å². The molecule has 1 aromatic heterocycles. The average molecular weight is 483 g/mol. The second kappa shape index (κ2) is 9.14. The molecular formula is C20H24Cl2N6O4. The van der Waals surface area contributed by atoms with Crippen LogP contribution in [0.25, 0.3) is 0 Å². The van der Waals surface area contributed by atoms with Crippen LogP contribution < -0.4 is 29.9 Å². The molecule has 3 heterocycles. The summed E-state index contributed by atoms with van der Waals surface area (Å²) >= 11 is 13.0. The van der Waals surface area contributed by atoms with Crippen LogP contribution in [0.4, 0.5) is 22.2 Å². The Kier molecular flexibility index (Phi) is 6.47. The van der Waals surface area contributed by atoms with Crippen LogP contribution in [0.15, 0.2) is 12.3 Å². The van der Waals surface area contributed by atoms with E-state index in [4.69, 9.17) is 32.7 Å². The Bertz CT molecular complexity index is 1010. The van der Waals surface area contributed by atoms with Gasteiger partial charge in [0.15, 0.2) is 0 Å². The summed E-state index contributed by atoms with van der Waals surface area (Å²) in [5, 5.41) is 16.2. The number of aromatic nitrogens is 2. The van der Waals surface area contributed by atoms with Gasteiger partial charge in [0.05, 0.1) is 33.1 Å². The lowest BCUT2D eigenvalue weighted by atomic mass is 10.1. The second-order valence-corrected chi connectivity index (χ2v) is 8.35. The van der Waals surface area contributed by atoms with E-state index in [0.717, 1.165) is 12.0 Å². The molecule has 0 radical (unpaired) electrons. The summed E-state index contributed by atoms with van der Waals surface area (Å²) in [4.78, 5) is 25.1. The minimum atomic E-state index is -0.357. The van der Waals surface area contributed by atoms with Crippen molar-refractivity contribution in [2.24, 2.45) is 0 Å². The molecule has 0 unspecified atom stereocenters. The third kappa shape index (κ3) is 3.99. The Balaban J connectivity index is 1.65. The molecule has 2 amide bonds. The molecule has 3 N–H and O–H groups in total. The van der Waals surface area contributed by atoms with E-state index in [1.165, 1.54) is 24.0 Å². The van der Waals surface area contributed by atoms with Gasteiger partial charge in [0.2, 0.25) is 5.95 Å². The number of nitrogens with one attached hydrogen (secondary N) is 2. The molecule has 2 aliphatic rings. The van der Waals surface area contributed by atoms with Gasteiger partial charge in [-0.25, -0.2) is 9.78 Å². The Morgan fingerprint density at radius 3 is 2.56 bits per heavy atom. The van der Waals surface area contributed by atoms with Crippen molar-refractivity contribution in [3.8, 4) is 11.5 Å². The molecule has 4 rings (SSSR count). The Labute approximate surface area is 195 Å². The molecule has 0 saturated carbocycles. The molecule has 2 aliphatic heterocycles. The number of ether oxygens (including phenoxy) is 2.